The van der Waals surface area contributed by atoms with E-state index in [-0.39, 0.29) is 11.6 Å². The molecule has 0 aliphatic heterocycles. The van der Waals surface area contributed by atoms with E-state index in [9.17, 15) is 14.9 Å². The van der Waals surface area contributed by atoms with E-state index in [1.54, 1.807) is 0 Å². The summed E-state index contributed by atoms with van der Waals surface area (Å²) in [6.07, 6.45) is 0.697. The minimum absolute atomic E-state index is 0.0509. The van der Waals surface area contributed by atoms with E-state index in [0.29, 0.717) is 37.3 Å². The van der Waals surface area contributed by atoms with Gasteiger partial charge in [0, 0.05) is 24.7 Å². The zero-order valence-electron chi connectivity index (χ0n) is 10.8. The highest BCUT2D eigenvalue weighted by Gasteiger charge is 2.16. The van der Waals surface area contributed by atoms with E-state index in [2.05, 4.69) is 10.6 Å². The van der Waals surface area contributed by atoms with E-state index in [1.807, 2.05) is 6.92 Å². The first-order valence-electron chi connectivity index (χ1n) is 6.10. The first kappa shape index (κ1) is 14.9. The summed E-state index contributed by atoms with van der Waals surface area (Å²) in [7, 11) is 0. The van der Waals surface area contributed by atoms with Gasteiger partial charge in [0.1, 0.15) is 5.69 Å². The largest absolute Gasteiger partial charge is 0.379 e. The molecular formula is C12H18N4O3. The zero-order chi connectivity index (χ0) is 14.3. The summed E-state index contributed by atoms with van der Waals surface area (Å²) in [5.41, 5.74) is 6.05. The summed E-state index contributed by atoms with van der Waals surface area (Å²) in [5, 5.41) is 16.5. The SMILES string of the molecule is CCNC(=O)c1ccc([N+](=O)[O-])c(NCCCN)c1. The fraction of sp³-hybridized carbons (Fsp3) is 0.417. The highest BCUT2D eigenvalue weighted by atomic mass is 16.6. The average molecular weight is 266 g/mol. The molecule has 0 fully saturated rings. The molecule has 0 bridgehead atoms. The quantitative estimate of drug-likeness (QED) is 0.389. The number of anilines is 1. The predicted molar refractivity (Wildman–Crippen MR) is 73.3 cm³/mol. The van der Waals surface area contributed by atoms with Crippen LogP contribution in [0.4, 0.5) is 11.4 Å². The number of carbonyl (C=O) groups excluding carboxylic acids is 1. The third-order valence-corrected chi connectivity index (χ3v) is 2.49. The van der Waals surface area contributed by atoms with Crippen LogP contribution in [0.2, 0.25) is 0 Å². The maximum Gasteiger partial charge on any atom is 0.292 e. The number of carbonyl (C=O) groups is 1. The number of benzene rings is 1. The van der Waals surface area contributed by atoms with Crippen molar-refractivity contribution in [2.75, 3.05) is 25.0 Å². The Balaban J connectivity index is 2.96. The molecule has 0 heterocycles. The van der Waals surface area contributed by atoms with Crippen LogP contribution in [0.25, 0.3) is 0 Å². The molecule has 104 valence electrons. The van der Waals surface area contributed by atoms with E-state index in [4.69, 9.17) is 5.73 Å². The highest BCUT2D eigenvalue weighted by molar-refractivity contribution is 5.95. The Hall–Kier alpha value is -2.15. The first-order chi connectivity index (χ1) is 9.10. The fourth-order valence-electron chi connectivity index (χ4n) is 1.57. The molecule has 0 saturated carbocycles. The van der Waals surface area contributed by atoms with Gasteiger partial charge in [-0.1, -0.05) is 0 Å². The van der Waals surface area contributed by atoms with Crippen LogP contribution in [0, 0.1) is 10.1 Å². The molecule has 7 heteroatoms. The number of nitro groups is 1. The summed E-state index contributed by atoms with van der Waals surface area (Å²) >= 11 is 0. The van der Waals surface area contributed by atoms with Gasteiger partial charge in [-0.15, -0.1) is 0 Å². The maximum absolute atomic E-state index is 11.7. The van der Waals surface area contributed by atoms with Crippen molar-refractivity contribution >= 4 is 17.3 Å². The number of nitro benzene ring substituents is 1. The van der Waals surface area contributed by atoms with Crippen molar-refractivity contribution in [2.24, 2.45) is 5.73 Å². The number of hydrogen-bond acceptors (Lipinski definition) is 5. The number of nitrogens with two attached hydrogens (primary N) is 1. The molecule has 0 aromatic heterocycles. The summed E-state index contributed by atoms with van der Waals surface area (Å²) in [4.78, 5) is 22.1. The van der Waals surface area contributed by atoms with Crippen LogP contribution < -0.4 is 16.4 Å². The van der Waals surface area contributed by atoms with Crippen LogP contribution in [0.15, 0.2) is 18.2 Å². The molecule has 1 aromatic carbocycles. The van der Waals surface area contributed by atoms with E-state index < -0.39 is 4.92 Å². The Kier molecular flexibility index (Phi) is 5.74. The number of nitrogens with zero attached hydrogens (tertiary/aromatic N) is 1. The van der Waals surface area contributed by atoms with E-state index in [1.165, 1.54) is 18.2 Å². The van der Waals surface area contributed by atoms with Crippen LogP contribution >= 0.6 is 0 Å². The number of hydrogen-bond donors (Lipinski definition) is 3. The Bertz CT molecular complexity index is 462. The zero-order valence-corrected chi connectivity index (χ0v) is 10.8. The van der Waals surface area contributed by atoms with E-state index >= 15 is 0 Å². The number of nitrogens with one attached hydrogen (secondary N) is 2. The van der Waals surface area contributed by atoms with Crippen molar-refractivity contribution in [3.05, 3.63) is 33.9 Å². The molecule has 4 N–H and O–H groups in total. The van der Waals surface area contributed by atoms with Gasteiger partial charge < -0.3 is 16.4 Å². The topological polar surface area (TPSA) is 110 Å². The maximum atomic E-state index is 11.7. The van der Waals surface area contributed by atoms with Crippen LogP contribution in [0.3, 0.4) is 0 Å². The lowest BCUT2D eigenvalue weighted by atomic mass is 10.1. The van der Waals surface area contributed by atoms with Crippen molar-refractivity contribution in [3.63, 3.8) is 0 Å². The van der Waals surface area contributed by atoms with Gasteiger partial charge in [-0.2, -0.15) is 0 Å². The lowest BCUT2D eigenvalue weighted by Gasteiger charge is -2.08. The Morgan fingerprint density at radius 2 is 2.21 bits per heavy atom. The molecule has 0 spiro atoms. The summed E-state index contributed by atoms with van der Waals surface area (Å²) in [6.45, 7) is 3.34. The van der Waals surface area contributed by atoms with Gasteiger partial charge in [0.15, 0.2) is 0 Å². The van der Waals surface area contributed by atoms with Crippen LogP contribution in [-0.4, -0.2) is 30.5 Å². The van der Waals surface area contributed by atoms with Crippen molar-refractivity contribution in [1.82, 2.24) is 5.32 Å². The molecule has 1 aromatic rings. The van der Waals surface area contributed by atoms with Gasteiger partial charge in [-0.25, -0.2) is 0 Å². The molecule has 0 atom stereocenters. The van der Waals surface area contributed by atoms with Gasteiger partial charge in [-0.05, 0) is 32.0 Å². The highest BCUT2D eigenvalue weighted by Crippen LogP contribution is 2.25. The van der Waals surface area contributed by atoms with Crippen molar-refractivity contribution in [3.8, 4) is 0 Å². The molecule has 0 unspecified atom stereocenters. The molecule has 1 amide bonds. The number of amides is 1. The van der Waals surface area contributed by atoms with Crippen molar-refractivity contribution in [1.29, 1.82) is 0 Å². The van der Waals surface area contributed by atoms with Crippen LogP contribution in [0.1, 0.15) is 23.7 Å². The first-order valence-corrected chi connectivity index (χ1v) is 6.10. The monoisotopic (exact) mass is 266 g/mol. The molecule has 0 saturated heterocycles. The van der Waals surface area contributed by atoms with Gasteiger partial charge >= 0.3 is 0 Å². The normalized spacial score (nSPS) is 10.0. The second-order valence-electron chi connectivity index (χ2n) is 3.92. The van der Waals surface area contributed by atoms with Gasteiger partial charge in [0.25, 0.3) is 11.6 Å². The molecular weight excluding hydrogens is 248 g/mol. The molecule has 0 aliphatic rings. The van der Waals surface area contributed by atoms with Crippen molar-refractivity contribution in [2.45, 2.75) is 13.3 Å². The third kappa shape index (κ3) is 4.22. The lowest BCUT2D eigenvalue weighted by Crippen LogP contribution is -2.22. The number of rotatable bonds is 7. The standard InChI is InChI=1S/C12H18N4O3/c1-2-14-12(17)9-4-5-11(16(18)19)10(8-9)15-7-3-6-13/h4-5,8,15H,2-3,6-7,13H2,1H3,(H,14,17). The van der Waals surface area contributed by atoms with Crippen molar-refractivity contribution < 1.29 is 9.72 Å². The Morgan fingerprint density at radius 1 is 1.47 bits per heavy atom. The average Bonchev–Trinajstić information content (AvgIpc) is 2.39. The third-order valence-electron chi connectivity index (χ3n) is 2.49. The van der Waals surface area contributed by atoms with Crippen LogP contribution in [0.5, 0.6) is 0 Å². The van der Waals surface area contributed by atoms with Gasteiger partial charge in [0.2, 0.25) is 0 Å². The summed E-state index contributed by atoms with van der Waals surface area (Å²) < 4.78 is 0. The molecule has 19 heavy (non-hydrogen) atoms. The predicted octanol–water partition coefficient (Wildman–Crippen LogP) is 1.11. The van der Waals surface area contributed by atoms with Gasteiger partial charge in [-0.3, -0.25) is 14.9 Å². The van der Waals surface area contributed by atoms with Gasteiger partial charge in [0.05, 0.1) is 4.92 Å². The van der Waals surface area contributed by atoms with Crippen LogP contribution in [-0.2, 0) is 0 Å². The second kappa shape index (κ2) is 7.32. The molecule has 0 aliphatic carbocycles. The van der Waals surface area contributed by atoms with E-state index in [0.717, 1.165) is 0 Å². The minimum Gasteiger partial charge on any atom is -0.379 e. The molecule has 0 radical (unpaired) electrons. The lowest BCUT2D eigenvalue weighted by molar-refractivity contribution is -0.384. The fourth-order valence-corrected chi connectivity index (χ4v) is 1.57. The Morgan fingerprint density at radius 3 is 2.79 bits per heavy atom. The smallest absolute Gasteiger partial charge is 0.292 e. The molecule has 7 nitrogen and oxygen atoms in total. The minimum atomic E-state index is -0.480. The summed E-state index contributed by atoms with van der Waals surface area (Å²) in [5.74, 6) is -0.251. The summed E-state index contributed by atoms with van der Waals surface area (Å²) in [6, 6.07) is 4.26. The molecule has 1 rings (SSSR count). The Labute approximate surface area is 111 Å². The second-order valence-corrected chi connectivity index (χ2v) is 3.92.